The molecular weight excluding hydrogens is 245 g/mol. The van der Waals surface area contributed by atoms with Crippen LogP contribution in [0.25, 0.3) is 0 Å². The number of hydrogen-bond donors (Lipinski definition) is 1. The van der Waals surface area contributed by atoms with E-state index in [2.05, 4.69) is 15.5 Å². The lowest BCUT2D eigenvalue weighted by Crippen LogP contribution is -2.04. The Kier molecular flexibility index (Phi) is 3.87. The van der Waals surface area contributed by atoms with E-state index >= 15 is 0 Å². The molecule has 0 saturated heterocycles. The summed E-state index contributed by atoms with van der Waals surface area (Å²) in [5.41, 5.74) is 3.20. The molecule has 2 aromatic heterocycles. The first-order valence-electron chi connectivity index (χ1n) is 6.56. The fourth-order valence-electron chi connectivity index (χ4n) is 2.04. The Morgan fingerprint density at radius 3 is 2.42 bits per heavy atom. The molecule has 0 aliphatic heterocycles. The van der Waals surface area contributed by atoms with E-state index in [0.29, 0.717) is 18.7 Å². The second-order valence-electron chi connectivity index (χ2n) is 4.51. The summed E-state index contributed by atoms with van der Waals surface area (Å²) in [7, 11) is 0. The summed E-state index contributed by atoms with van der Waals surface area (Å²) >= 11 is 0. The van der Waals surface area contributed by atoms with Crippen molar-refractivity contribution in [1.29, 1.82) is 0 Å². The monoisotopic (exact) mass is 265 g/mol. The van der Waals surface area contributed by atoms with Crippen molar-refractivity contribution in [1.82, 2.24) is 19.6 Å². The highest BCUT2D eigenvalue weighted by Gasteiger charge is 2.14. The average molecular weight is 265 g/mol. The summed E-state index contributed by atoms with van der Waals surface area (Å²) in [5, 5.41) is 11.7. The summed E-state index contributed by atoms with van der Waals surface area (Å²) < 4.78 is 17.2. The molecule has 0 aliphatic carbocycles. The second kappa shape index (κ2) is 5.42. The Morgan fingerprint density at radius 2 is 1.89 bits per heavy atom. The molecule has 19 heavy (non-hydrogen) atoms. The van der Waals surface area contributed by atoms with Crippen molar-refractivity contribution >= 4 is 5.69 Å². The summed E-state index contributed by atoms with van der Waals surface area (Å²) in [5.74, 6) is -0.256. The SMILES string of the molecule is CCn1cc(NCc2c(C)nn(CC)c2F)c(C)n1. The lowest BCUT2D eigenvalue weighted by Gasteiger charge is -2.04. The van der Waals surface area contributed by atoms with Gasteiger partial charge in [0.1, 0.15) is 0 Å². The lowest BCUT2D eigenvalue weighted by molar-refractivity contribution is 0.464. The standard InChI is InChI=1S/C13H20FN5/c1-5-18-8-12(10(4)16-18)15-7-11-9(3)17-19(6-2)13(11)14/h8,15H,5-7H2,1-4H3. The molecule has 0 aromatic carbocycles. The molecular formula is C13H20FN5. The third-order valence-corrected chi connectivity index (χ3v) is 3.21. The van der Waals surface area contributed by atoms with Crippen LogP contribution in [0.3, 0.4) is 0 Å². The number of nitrogens with zero attached hydrogens (tertiary/aromatic N) is 4. The maximum absolute atomic E-state index is 14.0. The Balaban J connectivity index is 2.14. The van der Waals surface area contributed by atoms with Crippen molar-refractivity contribution in [2.75, 3.05) is 5.32 Å². The van der Waals surface area contributed by atoms with Crippen LogP contribution in [-0.4, -0.2) is 19.6 Å². The highest BCUT2D eigenvalue weighted by molar-refractivity contribution is 5.46. The van der Waals surface area contributed by atoms with Gasteiger partial charge < -0.3 is 5.32 Å². The van der Waals surface area contributed by atoms with E-state index in [1.54, 1.807) is 0 Å². The molecule has 0 aliphatic rings. The maximum Gasteiger partial charge on any atom is 0.216 e. The van der Waals surface area contributed by atoms with Gasteiger partial charge in [-0.1, -0.05) is 0 Å². The van der Waals surface area contributed by atoms with Gasteiger partial charge in [-0.3, -0.25) is 4.68 Å². The van der Waals surface area contributed by atoms with Crippen molar-refractivity contribution in [2.24, 2.45) is 0 Å². The van der Waals surface area contributed by atoms with Gasteiger partial charge in [0, 0.05) is 31.4 Å². The molecule has 6 heteroatoms. The molecule has 1 N–H and O–H groups in total. The van der Waals surface area contributed by atoms with Crippen LogP contribution in [0.15, 0.2) is 6.20 Å². The zero-order chi connectivity index (χ0) is 14.0. The van der Waals surface area contributed by atoms with Gasteiger partial charge in [-0.25, -0.2) is 4.68 Å². The number of nitrogens with one attached hydrogen (secondary N) is 1. The van der Waals surface area contributed by atoms with Crippen molar-refractivity contribution < 1.29 is 4.39 Å². The minimum absolute atomic E-state index is 0.256. The Labute approximate surface area is 112 Å². The topological polar surface area (TPSA) is 47.7 Å². The number of hydrogen-bond acceptors (Lipinski definition) is 3. The molecule has 5 nitrogen and oxygen atoms in total. The van der Waals surface area contributed by atoms with Crippen LogP contribution in [0.1, 0.15) is 30.8 Å². The van der Waals surface area contributed by atoms with Gasteiger partial charge in [0.2, 0.25) is 5.95 Å². The van der Waals surface area contributed by atoms with E-state index in [-0.39, 0.29) is 5.95 Å². The van der Waals surface area contributed by atoms with Crippen LogP contribution >= 0.6 is 0 Å². The minimum Gasteiger partial charge on any atom is -0.378 e. The highest BCUT2D eigenvalue weighted by atomic mass is 19.1. The van der Waals surface area contributed by atoms with Gasteiger partial charge in [-0.05, 0) is 27.7 Å². The van der Waals surface area contributed by atoms with Crippen LogP contribution in [0.5, 0.6) is 0 Å². The molecule has 0 radical (unpaired) electrons. The molecule has 0 bridgehead atoms. The molecule has 2 aromatic rings. The van der Waals surface area contributed by atoms with Crippen molar-refractivity contribution in [3.63, 3.8) is 0 Å². The smallest absolute Gasteiger partial charge is 0.216 e. The van der Waals surface area contributed by atoms with Crippen molar-refractivity contribution in [2.45, 2.75) is 47.3 Å². The number of halogens is 1. The second-order valence-corrected chi connectivity index (χ2v) is 4.51. The molecule has 0 saturated carbocycles. The average Bonchev–Trinajstić information content (AvgIpc) is 2.88. The lowest BCUT2D eigenvalue weighted by atomic mass is 10.2. The Morgan fingerprint density at radius 1 is 1.16 bits per heavy atom. The van der Waals surface area contributed by atoms with Gasteiger partial charge in [0.15, 0.2) is 0 Å². The number of aromatic nitrogens is 4. The summed E-state index contributed by atoms with van der Waals surface area (Å²) in [6, 6.07) is 0. The first-order chi connectivity index (χ1) is 9.06. The van der Waals surface area contributed by atoms with E-state index in [1.165, 1.54) is 4.68 Å². The molecule has 2 heterocycles. The largest absolute Gasteiger partial charge is 0.378 e. The predicted octanol–water partition coefficient (Wildman–Crippen LogP) is 2.49. The Hall–Kier alpha value is -1.85. The fraction of sp³-hybridized carbons (Fsp3) is 0.538. The molecule has 0 atom stereocenters. The van der Waals surface area contributed by atoms with Crippen LogP contribution in [0, 0.1) is 19.8 Å². The first kappa shape index (κ1) is 13.6. The normalized spacial score (nSPS) is 11.0. The zero-order valence-corrected chi connectivity index (χ0v) is 11.9. The van der Waals surface area contributed by atoms with Crippen LogP contribution in [-0.2, 0) is 19.6 Å². The van der Waals surface area contributed by atoms with E-state index in [4.69, 9.17) is 0 Å². The number of aryl methyl sites for hydroxylation is 4. The summed E-state index contributed by atoms with van der Waals surface area (Å²) in [4.78, 5) is 0. The molecule has 0 spiro atoms. The quantitative estimate of drug-likeness (QED) is 0.903. The third kappa shape index (κ3) is 2.62. The van der Waals surface area contributed by atoms with Crippen LogP contribution in [0.2, 0.25) is 0 Å². The van der Waals surface area contributed by atoms with Gasteiger partial charge in [-0.15, -0.1) is 0 Å². The van der Waals surface area contributed by atoms with Crippen molar-refractivity contribution in [3.8, 4) is 0 Å². The zero-order valence-electron chi connectivity index (χ0n) is 11.9. The van der Waals surface area contributed by atoms with Gasteiger partial charge in [0.05, 0.1) is 17.1 Å². The number of rotatable bonds is 5. The van der Waals surface area contributed by atoms with E-state index in [9.17, 15) is 4.39 Å². The molecule has 104 valence electrons. The van der Waals surface area contributed by atoms with E-state index in [1.807, 2.05) is 38.6 Å². The molecule has 0 amide bonds. The van der Waals surface area contributed by atoms with Crippen molar-refractivity contribution in [3.05, 3.63) is 29.1 Å². The van der Waals surface area contributed by atoms with Crippen LogP contribution < -0.4 is 5.32 Å². The molecule has 0 unspecified atom stereocenters. The van der Waals surface area contributed by atoms with Gasteiger partial charge in [0.25, 0.3) is 0 Å². The number of anilines is 1. The van der Waals surface area contributed by atoms with Gasteiger partial charge >= 0.3 is 0 Å². The summed E-state index contributed by atoms with van der Waals surface area (Å²) in [6.45, 7) is 9.46. The third-order valence-electron chi connectivity index (χ3n) is 3.21. The predicted molar refractivity (Wildman–Crippen MR) is 72.6 cm³/mol. The molecule has 0 fully saturated rings. The van der Waals surface area contributed by atoms with E-state index < -0.39 is 0 Å². The van der Waals surface area contributed by atoms with Crippen LogP contribution in [0.4, 0.5) is 10.1 Å². The maximum atomic E-state index is 14.0. The van der Waals surface area contributed by atoms with E-state index in [0.717, 1.165) is 23.6 Å². The summed E-state index contributed by atoms with van der Waals surface area (Å²) in [6.07, 6.45) is 1.94. The Bertz CT molecular complexity index is 570. The highest BCUT2D eigenvalue weighted by Crippen LogP contribution is 2.17. The molecule has 2 rings (SSSR count). The fourth-order valence-corrected chi connectivity index (χ4v) is 2.04. The minimum atomic E-state index is -0.256. The first-order valence-corrected chi connectivity index (χ1v) is 6.56. The van der Waals surface area contributed by atoms with Gasteiger partial charge in [-0.2, -0.15) is 14.6 Å².